The lowest BCUT2D eigenvalue weighted by Gasteiger charge is -2.27. The minimum absolute atomic E-state index is 0.0424. The number of benzene rings is 1. The third kappa shape index (κ3) is 4.55. The molecule has 7 heteroatoms. The summed E-state index contributed by atoms with van der Waals surface area (Å²) in [4.78, 5) is 13.6. The summed E-state index contributed by atoms with van der Waals surface area (Å²) in [6, 6.07) is 6.34. The van der Waals surface area contributed by atoms with Gasteiger partial charge in [-0.1, -0.05) is 12.2 Å². The van der Waals surface area contributed by atoms with Crippen molar-refractivity contribution < 1.29 is 9.47 Å². The molecular weight excluding hydrogens is 432 g/mol. The van der Waals surface area contributed by atoms with Crippen LogP contribution >= 0.6 is 11.8 Å². The van der Waals surface area contributed by atoms with Crippen LogP contribution in [0.15, 0.2) is 81.2 Å². The molecule has 4 atom stereocenters. The van der Waals surface area contributed by atoms with Crippen molar-refractivity contribution in [2.45, 2.75) is 37.1 Å². The van der Waals surface area contributed by atoms with Gasteiger partial charge in [-0.15, -0.1) is 11.8 Å². The topological polar surface area (TPSA) is 67.6 Å². The summed E-state index contributed by atoms with van der Waals surface area (Å²) in [6.07, 6.45) is 16.8. The number of anilines is 1. The Balaban J connectivity index is 1.14. The first-order valence-electron chi connectivity index (χ1n) is 11.5. The smallest absolute Gasteiger partial charge is 0.130 e. The highest BCUT2D eigenvalue weighted by Gasteiger charge is 2.29. The number of amidine groups is 1. The van der Waals surface area contributed by atoms with Gasteiger partial charge in [0.2, 0.25) is 0 Å². The van der Waals surface area contributed by atoms with E-state index in [1.807, 2.05) is 29.8 Å². The fraction of sp³-hybridized carbons (Fsp3) is 0.346. The average molecular weight is 459 g/mol. The first-order chi connectivity index (χ1) is 16.2. The highest BCUT2D eigenvalue weighted by Crippen LogP contribution is 2.33. The summed E-state index contributed by atoms with van der Waals surface area (Å²) >= 11 is 1.75. The molecule has 0 spiro atoms. The van der Waals surface area contributed by atoms with E-state index in [0.717, 1.165) is 46.9 Å². The molecule has 0 radical (unpaired) electrons. The number of nitrogens with zero attached hydrogens (tertiary/aromatic N) is 3. The summed E-state index contributed by atoms with van der Waals surface area (Å²) in [6.45, 7) is 2.86. The zero-order valence-electron chi connectivity index (χ0n) is 18.4. The molecule has 0 bridgehead atoms. The highest BCUT2D eigenvalue weighted by atomic mass is 32.2. The molecular formula is C26H26N4O2S. The molecule has 1 N–H and O–H groups in total. The Labute approximate surface area is 198 Å². The molecule has 0 aromatic heterocycles. The maximum Gasteiger partial charge on any atom is 0.130 e. The standard InChI is InChI=1S/C26H26N4O2S/c1-16-10-18(4-8-24(16)32-20-6-9-25-23(12-20)29-15-33-25)30-26-21-11-19(31-13-17-2-3-17)5-7-22(21)27-14-28-26/h4-12,14-15,17,21-23,25H,2-3,13H2,1H3,(H,27,28,30). The van der Waals surface area contributed by atoms with Gasteiger partial charge >= 0.3 is 0 Å². The molecule has 33 heavy (non-hydrogen) atoms. The van der Waals surface area contributed by atoms with Gasteiger partial charge in [0.25, 0.3) is 0 Å². The quantitative estimate of drug-likeness (QED) is 0.647. The molecule has 1 fully saturated rings. The van der Waals surface area contributed by atoms with Crippen LogP contribution in [-0.2, 0) is 4.74 Å². The van der Waals surface area contributed by atoms with Gasteiger partial charge in [-0.05, 0) is 73.7 Å². The monoisotopic (exact) mass is 458 g/mol. The van der Waals surface area contributed by atoms with E-state index in [0.29, 0.717) is 5.25 Å². The normalized spacial score (nSPS) is 29.1. The number of hydrogen-bond acceptors (Lipinski definition) is 7. The van der Waals surface area contributed by atoms with Crippen molar-refractivity contribution in [3.05, 3.63) is 71.7 Å². The van der Waals surface area contributed by atoms with E-state index in [2.05, 4.69) is 57.6 Å². The Kier molecular flexibility index (Phi) is 5.42. The molecule has 0 saturated heterocycles. The number of aliphatic imine (C=N–C) groups is 3. The molecule has 1 aromatic carbocycles. The van der Waals surface area contributed by atoms with Crippen molar-refractivity contribution in [1.29, 1.82) is 0 Å². The number of rotatable bonds is 6. The molecule has 0 amide bonds. The Hall–Kier alpha value is -3.06. The van der Waals surface area contributed by atoms with E-state index < -0.39 is 0 Å². The van der Waals surface area contributed by atoms with Gasteiger partial charge < -0.3 is 14.8 Å². The van der Waals surface area contributed by atoms with Crippen LogP contribution in [0, 0.1) is 18.8 Å². The predicted octanol–water partition coefficient (Wildman–Crippen LogP) is 5.06. The average Bonchev–Trinajstić information content (AvgIpc) is 3.55. The van der Waals surface area contributed by atoms with Crippen LogP contribution in [0.5, 0.6) is 5.75 Å². The summed E-state index contributed by atoms with van der Waals surface area (Å²) < 4.78 is 12.2. The number of fused-ring (bicyclic) bond motifs is 2. The van der Waals surface area contributed by atoms with E-state index in [1.165, 1.54) is 12.8 Å². The van der Waals surface area contributed by atoms with Gasteiger partial charge in [-0.25, -0.2) is 4.99 Å². The lowest BCUT2D eigenvalue weighted by atomic mass is 9.92. The Morgan fingerprint density at radius 1 is 1.06 bits per heavy atom. The maximum absolute atomic E-state index is 6.17. The number of ether oxygens (including phenoxy) is 2. The molecule has 3 aliphatic carbocycles. The van der Waals surface area contributed by atoms with Gasteiger partial charge in [-0.2, -0.15) is 0 Å². The molecule has 4 unspecified atom stereocenters. The lowest BCUT2D eigenvalue weighted by Crippen LogP contribution is -2.34. The fourth-order valence-corrected chi connectivity index (χ4v) is 5.06. The van der Waals surface area contributed by atoms with Gasteiger partial charge in [0, 0.05) is 5.69 Å². The molecule has 168 valence electrons. The number of allylic oxidation sites excluding steroid dienone is 2. The molecule has 6 rings (SSSR count). The summed E-state index contributed by atoms with van der Waals surface area (Å²) in [5, 5.41) is 3.90. The van der Waals surface area contributed by atoms with Crippen molar-refractivity contribution in [2.24, 2.45) is 26.8 Å². The van der Waals surface area contributed by atoms with Crippen molar-refractivity contribution in [2.75, 3.05) is 11.9 Å². The number of nitrogens with one attached hydrogen (secondary N) is 1. The van der Waals surface area contributed by atoms with Gasteiger partial charge in [0.05, 0.1) is 35.4 Å². The van der Waals surface area contributed by atoms with Crippen LogP contribution in [0.2, 0.25) is 0 Å². The summed E-state index contributed by atoms with van der Waals surface area (Å²) in [5.74, 6) is 4.23. The molecule has 5 aliphatic rings. The maximum atomic E-state index is 6.17. The Morgan fingerprint density at radius 2 is 1.97 bits per heavy atom. The zero-order chi connectivity index (χ0) is 22.2. The molecule has 1 aromatic rings. The minimum atomic E-state index is 0.0424. The van der Waals surface area contributed by atoms with Gasteiger partial charge in [-0.3, -0.25) is 9.98 Å². The van der Waals surface area contributed by atoms with Crippen LogP contribution in [0.25, 0.3) is 0 Å². The van der Waals surface area contributed by atoms with Crippen LogP contribution in [0.3, 0.4) is 0 Å². The van der Waals surface area contributed by atoms with Crippen molar-refractivity contribution in [3.63, 3.8) is 0 Å². The highest BCUT2D eigenvalue weighted by molar-refractivity contribution is 8.13. The van der Waals surface area contributed by atoms with E-state index in [-0.39, 0.29) is 18.0 Å². The third-order valence-corrected chi connectivity index (χ3v) is 7.35. The Bertz CT molecular complexity index is 1160. The van der Waals surface area contributed by atoms with Gasteiger partial charge in [0.15, 0.2) is 0 Å². The van der Waals surface area contributed by atoms with Crippen LogP contribution < -0.4 is 10.1 Å². The van der Waals surface area contributed by atoms with E-state index in [9.17, 15) is 0 Å². The SMILES string of the molecule is Cc1cc(NC2=NC=NC3C=CC(OCC4CC4)=CC23)ccc1OC1=CC2N=CSC2C=C1. The van der Waals surface area contributed by atoms with Crippen molar-refractivity contribution in [3.8, 4) is 5.75 Å². The molecule has 1 saturated carbocycles. The number of aryl methyl sites for hydroxylation is 1. The molecule has 2 heterocycles. The third-order valence-electron chi connectivity index (χ3n) is 6.35. The molecule has 6 nitrogen and oxygen atoms in total. The fourth-order valence-electron chi connectivity index (χ4n) is 4.23. The van der Waals surface area contributed by atoms with E-state index >= 15 is 0 Å². The largest absolute Gasteiger partial charge is 0.494 e. The molecule has 2 aliphatic heterocycles. The second kappa shape index (κ2) is 8.71. The summed E-state index contributed by atoms with van der Waals surface area (Å²) in [7, 11) is 0. The first-order valence-corrected chi connectivity index (χ1v) is 12.4. The zero-order valence-corrected chi connectivity index (χ0v) is 19.2. The first kappa shape index (κ1) is 20.5. The minimum Gasteiger partial charge on any atom is -0.494 e. The van der Waals surface area contributed by atoms with Gasteiger partial charge in [0.1, 0.15) is 29.4 Å². The van der Waals surface area contributed by atoms with Crippen LogP contribution in [-0.4, -0.2) is 41.7 Å². The van der Waals surface area contributed by atoms with E-state index in [1.54, 1.807) is 18.1 Å². The predicted molar refractivity (Wildman–Crippen MR) is 135 cm³/mol. The van der Waals surface area contributed by atoms with Crippen molar-refractivity contribution >= 4 is 35.2 Å². The second-order valence-corrected chi connectivity index (χ2v) is 9.99. The van der Waals surface area contributed by atoms with Crippen LogP contribution in [0.1, 0.15) is 18.4 Å². The second-order valence-electron chi connectivity index (χ2n) is 8.96. The number of hydrogen-bond donors (Lipinski definition) is 1. The Morgan fingerprint density at radius 3 is 2.85 bits per heavy atom. The summed E-state index contributed by atoms with van der Waals surface area (Å²) in [5.41, 5.74) is 3.95. The van der Waals surface area contributed by atoms with Crippen molar-refractivity contribution in [1.82, 2.24) is 0 Å². The lowest BCUT2D eigenvalue weighted by molar-refractivity contribution is 0.207. The number of thioether (sulfide) groups is 1. The van der Waals surface area contributed by atoms with E-state index in [4.69, 9.17) is 9.47 Å². The van der Waals surface area contributed by atoms with Crippen LogP contribution in [0.4, 0.5) is 5.69 Å².